The average molecular weight is 283 g/mol. The molecule has 0 heterocycles. The second-order valence-electron chi connectivity index (χ2n) is 4.57. The fourth-order valence-corrected chi connectivity index (χ4v) is 2.18. The molecule has 0 saturated carbocycles. The monoisotopic (exact) mass is 282 g/mol. The number of carbonyl (C=O) groups excluding carboxylic acids is 1. The van der Waals surface area contributed by atoms with Gasteiger partial charge < -0.3 is 0 Å². The minimum atomic E-state index is -0.00744. The minimum Gasteiger partial charge on any atom is -0.281 e. The predicted octanol–water partition coefficient (Wildman–Crippen LogP) is 4.59. The number of rotatable bonds is 6. The first-order valence-corrected chi connectivity index (χ1v) is 6.68. The third-order valence-electron chi connectivity index (χ3n) is 2.71. The smallest absolute Gasteiger partial charge is 0.228 e. The Morgan fingerprint density at radius 3 is 2.56 bits per heavy atom. The van der Waals surface area contributed by atoms with Crippen LogP contribution in [0, 0.1) is 5.92 Å². The maximum Gasteiger partial charge on any atom is 0.228 e. The van der Waals surface area contributed by atoms with Gasteiger partial charge in [0.1, 0.15) is 0 Å². The Bertz CT molecular complexity index is 344. The molecule has 0 N–H and O–H groups in total. The maximum absolute atomic E-state index is 11.3. The molecule has 16 heavy (non-hydrogen) atoms. The maximum atomic E-state index is 11.3. The van der Waals surface area contributed by atoms with Gasteiger partial charge in [0.2, 0.25) is 4.69 Å². The molecule has 0 radical (unpaired) electrons. The summed E-state index contributed by atoms with van der Waals surface area (Å²) in [6, 6.07) is 7.84. The molecule has 0 amide bonds. The molecule has 1 rings (SSSR count). The van der Waals surface area contributed by atoms with Crippen LogP contribution >= 0.6 is 15.9 Å². The Hall–Kier alpha value is -0.630. The summed E-state index contributed by atoms with van der Waals surface area (Å²) in [6.07, 6.45) is 4.67. The first kappa shape index (κ1) is 13.4. The fraction of sp³-hybridized carbons (Fsp3) is 0.500. The van der Waals surface area contributed by atoms with Gasteiger partial charge in [-0.05, 0) is 40.3 Å². The zero-order valence-electron chi connectivity index (χ0n) is 10.0. The summed E-state index contributed by atoms with van der Waals surface area (Å²) in [6.45, 7) is 4.49. The highest BCUT2D eigenvalue weighted by Crippen LogP contribution is 2.16. The lowest BCUT2D eigenvalue weighted by molar-refractivity contribution is 0.109. The van der Waals surface area contributed by atoms with Crippen LogP contribution in [0.1, 0.15) is 49.0 Å². The van der Waals surface area contributed by atoms with Gasteiger partial charge in [0.15, 0.2) is 0 Å². The van der Waals surface area contributed by atoms with Crippen LogP contribution in [0.2, 0.25) is 0 Å². The van der Waals surface area contributed by atoms with Gasteiger partial charge in [0.25, 0.3) is 0 Å². The summed E-state index contributed by atoms with van der Waals surface area (Å²) in [4.78, 5) is 11.3. The van der Waals surface area contributed by atoms with Gasteiger partial charge in [0.05, 0.1) is 0 Å². The van der Waals surface area contributed by atoms with Crippen molar-refractivity contribution in [3.8, 4) is 0 Å². The van der Waals surface area contributed by atoms with E-state index in [9.17, 15) is 4.79 Å². The molecule has 0 aliphatic rings. The summed E-state index contributed by atoms with van der Waals surface area (Å²) in [7, 11) is 0. The number of benzene rings is 1. The highest BCUT2D eigenvalue weighted by atomic mass is 79.9. The van der Waals surface area contributed by atoms with Crippen molar-refractivity contribution in [1.82, 2.24) is 0 Å². The fourth-order valence-electron chi connectivity index (χ4n) is 1.80. The number of unbranched alkanes of at least 4 members (excludes halogenated alkanes) is 1. The number of carbonyl (C=O) groups is 1. The lowest BCUT2D eigenvalue weighted by atomic mass is 9.99. The highest BCUT2D eigenvalue weighted by Gasteiger charge is 2.06. The van der Waals surface area contributed by atoms with Crippen molar-refractivity contribution in [2.45, 2.75) is 39.5 Å². The Balaban J connectivity index is 2.50. The van der Waals surface area contributed by atoms with Gasteiger partial charge >= 0.3 is 0 Å². The lowest BCUT2D eigenvalue weighted by Gasteiger charge is -2.07. The van der Waals surface area contributed by atoms with Crippen LogP contribution in [0.4, 0.5) is 0 Å². The van der Waals surface area contributed by atoms with Crippen LogP contribution in [0.3, 0.4) is 0 Å². The third kappa shape index (κ3) is 4.48. The molecule has 1 nitrogen and oxygen atoms in total. The first-order valence-electron chi connectivity index (χ1n) is 5.89. The highest BCUT2D eigenvalue weighted by molar-refractivity contribution is 9.18. The van der Waals surface area contributed by atoms with E-state index in [4.69, 9.17) is 0 Å². The molecule has 0 bridgehead atoms. The second kappa shape index (κ2) is 6.85. The van der Waals surface area contributed by atoms with Crippen molar-refractivity contribution in [3.63, 3.8) is 0 Å². The van der Waals surface area contributed by atoms with Crippen molar-refractivity contribution in [1.29, 1.82) is 0 Å². The van der Waals surface area contributed by atoms with Crippen LogP contribution < -0.4 is 0 Å². The molecule has 0 aromatic heterocycles. The van der Waals surface area contributed by atoms with Gasteiger partial charge in [-0.2, -0.15) is 0 Å². The molecule has 1 aromatic rings. The normalized spacial score (nSPS) is 10.8. The number of hydrogen-bond donors (Lipinski definition) is 0. The largest absolute Gasteiger partial charge is 0.281 e. The number of halogens is 1. The van der Waals surface area contributed by atoms with E-state index in [-0.39, 0.29) is 4.69 Å². The molecule has 88 valence electrons. The van der Waals surface area contributed by atoms with Gasteiger partial charge in [-0.15, -0.1) is 0 Å². The van der Waals surface area contributed by atoms with E-state index in [0.717, 1.165) is 29.9 Å². The summed E-state index contributed by atoms with van der Waals surface area (Å²) in [5.74, 6) is 0.771. The van der Waals surface area contributed by atoms with Crippen molar-refractivity contribution >= 4 is 20.6 Å². The summed E-state index contributed by atoms with van der Waals surface area (Å²) < 4.78 is -0.00744. The number of aryl methyl sites for hydroxylation is 1. The molecular formula is C14H19BrO. The van der Waals surface area contributed by atoms with Crippen LogP contribution in [0.5, 0.6) is 0 Å². The van der Waals surface area contributed by atoms with Gasteiger partial charge in [0, 0.05) is 5.56 Å². The Kier molecular flexibility index (Phi) is 5.75. The van der Waals surface area contributed by atoms with Gasteiger partial charge in [-0.3, -0.25) is 4.79 Å². The SMILES string of the molecule is CC(C)CCCCc1ccccc1C(=O)Br. The molecule has 0 unspecified atom stereocenters. The van der Waals surface area contributed by atoms with Gasteiger partial charge in [-0.1, -0.05) is 51.0 Å². The molecule has 0 saturated heterocycles. The van der Waals surface area contributed by atoms with Crippen LogP contribution in [-0.4, -0.2) is 4.69 Å². The second-order valence-corrected chi connectivity index (χ2v) is 5.29. The van der Waals surface area contributed by atoms with E-state index in [0.29, 0.717) is 0 Å². The van der Waals surface area contributed by atoms with Crippen LogP contribution in [0.25, 0.3) is 0 Å². The van der Waals surface area contributed by atoms with Crippen molar-refractivity contribution in [3.05, 3.63) is 35.4 Å². The lowest BCUT2D eigenvalue weighted by Crippen LogP contribution is -1.97. The van der Waals surface area contributed by atoms with Crippen molar-refractivity contribution in [2.75, 3.05) is 0 Å². The van der Waals surface area contributed by atoms with Crippen LogP contribution in [-0.2, 0) is 6.42 Å². The molecule has 0 aliphatic heterocycles. The minimum absolute atomic E-state index is 0.00744. The van der Waals surface area contributed by atoms with E-state index < -0.39 is 0 Å². The van der Waals surface area contributed by atoms with E-state index in [1.54, 1.807) is 0 Å². The molecular weight excluding hydrogens is 264 g/mol. The predicted molar refractivity (Wildman–Crippen MR) is 72.1 cm³/mol. The zero-order valence-corrected chi connectivity index (χ0v) is 11.6. The standard InChI is InChI=1S/C14H19BrO/c1-11(2)7-3-4-8-12-9-5-6-10-13(12)14(15)16/h5-6,9-11H,3-4,7-8H2,1-2H3. The van der Waals surface area contributed by atoms with E-state index in [2.05, 4.69) is 29.8 Å². The quantitative estimate of drug-likeness (QED) is 0.551. The Morgan fingerprint density at radius 1 is 1.25 bits per heavy atom. The molecule has 0 aliphatic carbocycles. The van der Waals surface area contributed by atoms with E-state index >= 15 is 0 Å². The van der Waals surface area contributed by atoms with Gasteiger partial charge in [-0.25, -0.2) is 0 Å². The molecule has 0 spiro atoms. The van der Waals surface area contributed by atoms with E-state index in [1.165, 1.54) is 12.8 Å². The molecule has 1 aromatic carbocycles. The third-order valence-corrected chi connectivity index (χ3v) is 3.13. The van der Waals surface area contributed by atoms with Crippen molar-refractivity contribution in [2.24, 2.45) is 5.92 Å². The average Bonchev–Trinajstić information content (AvgIpc) is 2.24. The van der Waals surface area contributed by atoms with Crippen LogP contribution in [0.15, 0.2) is 24.3 Å². The van der Waals surface area contributed by atoms with E-state index in [1.807, 2.05) is 24.3 Å². The molecule has 2 heteroatoms. The zero-order chi connectivity index (χ0) is 12.0. The summed E-state index contributed by atoms with van der Waals surface area (Å²) >= 11 is 3.03. The van der Waals surface area contributed by atoms with Crippen molar-refractivity contribution < 1.29 is 4.79 Å². The molecule has 0 fully saturated rings. The number of hydrogen-bond acceptors (Lipinski definition) is 1. The Labute approximate surface area is 106 Å². The first-order chi connectivity index (χ1) is 7.61. The topological polar surface area (TPSA) is 17.1 Å². The molecule has 0 atom stereocenters. The Morgan fingerprint density at radius 2 is 1.94 bits per heavy atom. The summed E-state index contributed by atoms with van der Waals surface area (Å²) in [5, 5.41) is 0. The summed E-state index contributed by atoms with van der Waals surface area (Å²) in [5.41, 5.74) is 1.97.